The molecular weight excluding hydrogens is 252 g/mol. The number of amides is 1. The Morgan fingerprint density at radius 2 is 1.90 bits per heavy atom. The van der Waals surface area contributed by atoms with Crippen LogP contribution in [0.2, 0.25) is 0 Å². The Hall–Kier alpha value is -1.39. The molecule has 4 heteroatoms. The maximum atomic E-state index is 12.4. The standard InChI is InChI=1S/C16H26N2O2/c1-5-14-6-7-15(13(2)12-14)16(20)18(4)9-8-17(3)10-11-19/h6-7,12,19H,5,8-11H2,1-4H3. The average Bonchev–Trinajstić information content (AvgIpc) is 2.44. The molecule has 0 saturated carbocycles. The molecule has 1 N–H and O–H groups in total. The van der Waals surface area contributed by atoms with Crippen molar-refractivity contribution < 1.29 is 9.90 Å². The molecule has 1 aromatic carbocycles. The Balaban J connectivity index is 2.65. The van der Waals surface area contributed by atoms with Gasteiger partial charge in [0.15, 0.2) is 0 Å². The van der Waals surface area contributed by atoms with Gasteiger partial charge in [0.2, 0.25) is 0 Å². The number of carbonyl (C=O) groups is 1. The number of rotatable bonds is 7. The lowest BCUT2D eigenvalue weighted by Gasteiger charge is -2.22. The van der Waals surface area contributed by atoms with Gasteiger partial charge in [-0.25, -0.2) is 0 Å². The van der Waals surface area contributed by atoms with Crippen molar-refractivity contribution >= 4 is 5.91 Å². The van der Waals surface area contributed by atoms with E-state index in [1.54, 1.807) is 4.90 Å². The van der Waals surface area contributed by atoms with Crippen molar-refractivity contribution in [2.24, 2.45) is 0 Å². The lowest BCUT2D eigenvalue weighted by molar-refractivity contribution is 0.0779. The van der Waals surface area contributed by atoms with Crippen LogP contribution in [0.15, 0.2) is 18.2 Å². The van der Waals surface area contributed by atoms with Crippen molar-refractivity contribution in [3.8, 4) is 0 Å². The van der Waals surface area contributed by atoms with Gasteiger partial charge >= 0.3 is 0 Å². The van der Waals surface area contributed by atoms with E-state index < -0.39 is 0 Å². The largest absolute Gasteiger partial charge is 0.395 e. The van der Waals surface area contributed by atoms with Crippen LogP contribution in [0.4, 0.5) is 0 Å². The molecule has 0 aliphatic carbocycles. The predicted octanol–water partition coefficient (Wildman–Crippen LogP) is 1.55. The fourth-order valence-electron chi connectivity index (χ4n) is 2.10. The molecule has 0 aliphatic heterocycles. The molecule has 0 fully saturated rings. The van der Waals surface area contributed by atoms with Gasteiger partial charge in [0, 0.05) is 32.2 Å². The quantitative estimate of drug-likeness (QED) is 0.823. The van der Waals surface area contributed by atoms with Gasteiger partial charge < -0.3 is 14.9 Å². The molecule has 0 heterocycles. The highest BCUT2D eigenvalue weighted by Gasteiger charge is 2.14. The number of hydrogen-bond donors (Lipinski definition) is 1. The van der Waals surface area contributed by atoms with Crippen molar-refractivity contribution in [1.82, 2.24) is 9.80 Å². The van der Waals surface area contributed by atoms with Crippen LogP contribution in [0.5, 0.6) is 0 Å². The van der Waals surface area contributed by atoms with Crippen LogP contribution in [0, 0.1) is 6.92 Å². The number of aryl methyl sites for hydroxylation is 2. The molecule has 1 amide bonds. The van der Waals surface area contributed by atoms with Crippen LogP contribution in [-0.4, -0.2) is 61.2 Å². The first-order chi connectivity index (χ1) is 9.49. The van der Waals surface area contributed by atoms with Crippen LogP contribution in [-0.2, 0) is 6.42 Å². The van der Waals surface area contributed by atoms with E-state index in [1.165, 1.54) is 5.56 Å². The molecule has 0 saturated heterocycles. The van der Waals surface area contributed by atoms with Crippen LogP contribution in [0.3, 0.4) is 0 Å². The summed E-state index contributed by atoms with van der Waals surface area (Å²) in [6.45, 7) is 6.29. The van der Waals surface area contributed by atoms with Crippen molar-refractivity contribution in [1.29, 1.82) is 0 Å². The summed E-state index contributed by atoms with van der Waals surface area (Å²) in [5.74, 6) is 0.0579. The smallest absolute Gasteiger partial charge is 0.253 e. The highest BCUT2D eigenvalue weighted by Crippen LogP contribution is 2.13. The van der Waals surface area contributed by atoms with Crippen molar-refractivity contribution in [3.05, 3.63) is 34.9 Å². The van der Waals surface area contributed by atoms with Crippen molar-refractivity contribution in [2.45, 2.75) is 20.3 Å². The lowest BCUT2D eigenvalue weighted by Crippen LogP contribution is -2.36. The van der Waals surface area contributed by atoms with E-state index in [1.807, 2.05) is 38.1 Å². The van der Waals surface area contributed by atoms with Gasteiger partial charge in [0.05, 0.1) is 6.61 Å². The fraction of sp³-hybridized carbons (Fsp3) is 0.562. The molecule has 0 atom stereocenters. The second-order valence-corrected chi connectivity index (χ2v) is 5.26. The Morgan fingerprint density at radius 1 is 1.20 bits per heavy atom. The molecule has 4 nitrogen and oxygen atoms in total. The maximum Gasteiger partial charge on any atom is 0.253 e. The molecule has 0 spiro atoms. The topological polar surface area (TPSA) is 43.8 Å². The van der Waals surface area contributed by atoms with Gasteiger partial charge in [-0.15, -0.1) is 0 Å². The second kappa shape index (κ2) is 8.02. The van der Waals surface area contributed by atoms with Crippen LogP contribution in [0.1, 0.15) is 28.4 Å². The summed E-state index contributed by atoms with van der Waals surface area (Å²) in [7, 11) is 3.76. The minimum atomic E-state index is 0.0579. The highest BCUT2D eigenvalue weighted by atomic mass is 16.3. The Kier molecular flexibility index (Phi) is 6.68. The third-order valence-electron chi connectivity index (χ3n) is 3.58. The monoisotopic (exact) mass is 278 g/mol. The lowest BCUT2D eigenvalue weighted by atomic mass is 10.0. The first kappa shape index (κ1) is 16.7. The van der Waals surface area contributed by atoms with Crippen molar-refractivity contribution in [3.63, 3.8) is 0 Å². The summed E-state index contributed by atoms with van der Waals surface area (Å²) in [6.07, 6.45) is 0.983. The number of likely N-dealkylation sites (N-methyl/N-ethyl adjacent to an activating group) is 2. The number of aliphatic hydroxyl groups is 1. The summed E-state index contributed by atoms with van der Waals surface area (Å²) in [5.41, 5.74) is 3.06. The molecule has 0 unspecified atom stereocenters. The number of aliphatic hydroxyl groups excluding tert-OH is 1. The van der Waals surface area contributed by atoms with Gasteiger partial charge in [-0.05, 0) is 37.6 Å². The van der Waals surface area contributed by atoms with E-state index in [2.05, 4.69) is 13.0 Å². The Labute approximate surface area is 122 Å². The van der Waals surface area contributed by atoms with Crippen molar-refractivity contribution in [2.75, 3.05) is 40.3 Å². The molecule has 0 bridgehead atoms. The average molecular weight is 278 g/mol. The third kappa shape index (κ3) is 4.62. The Bertz CT molecular complexity index is 446. The number of benzene rings is 1. The van der Waals surface area contributed by atoms with Gasteiger partial charge in [0.1, 0.15) is 0 Å². The van der Waals surface area contributed by atoms with E-state index in [-0.39, 0.29) is 12.5 Å². The first-order valence-corrected chi connectivity index (χ1v) is 7.14. The molecule has 112 valence electrons. The van der Waals surface area contributed by atoms with E-state index in [9.17, 15) is 4.79 Å². The zero-order valence-corrected chi connectivity index (χ0v) is 13.0. The predicted molar refractivity (Wildman–Crippen MR) is 82.1 cm³/mol. The highest BCUT2D eigenvalue weighted by molar-refractivity contribution is 5.95. The van der Waals surface area contributed by atoms with Gasteiger partial charge in [-0.3, -0.25) is 4.79 Å². The van der Waals surface area contributed by atoms with E-state index in [4.69, 9.17) is 5.11 Å². The summed E-state index contributed by atoms with van der Waals surface area (Å²) in [5, 5.41) is 8.85. The summed E-state index contributed by atoms with van der Waals surface area (Å²) < 4.78 is 0. The summed E-state index contributed by atoms with van der Waals surface area (Å²) >= 11 is 0. The molecule has 1 rings (SSSR count). The van der Waals surface area contributed by atoms with Crippen LogP contribution < -0.4 is 0 Å². The zero-order valence-electron chi connectivity index (χ0n) is 13.0. The molecule has 0 radical (unpaired) electrons. The second-order valence-electron chi connectivity index (χ2n) is 5.26. The normalized spacial score (nSPS) is 10.9. The fourth-order valence-corrected chi connectivity index (χ4v) is 2.10. The molecule has 0 aliphatic rings. The van der Waals surface area contributed by atoms with E-state index in [0.717, 1.165) is 24.1 Å². The van der Waals surface area contributed by atoms with Gasteiger partial charge in [-0.1, -0.05) is 19.1 Å². The summed E-state index contributed by atoms with van der Waals surface area (Å²) in [6, 6.07) is 6.02. The van der Waals surface area contributed by atoms with E-state index in [0.29, 0.717) is 13.1 Å². The maximum absolute atomic E-state index is 12.4. The molecule has 1 aromatic rings. The Morgan fingerprint density at radius 3 is 2.45 bits per heavy atom. The molecule has 0 aromatic heterocycles. The first-order valence-electron chi connectivity index (χ1n) is 7.14. The third-order valence-corrected chi connectivity index (χ3v) is 3.58. The van der Waals surface area contributed by atoms with Gasteiger partial charge in [-0.2, -0.15) is 0 Å². The minimum absolute atomic E-state index is 0.0579. The zero-order chi connectivity index (χ0) is 15.1. The number of nitrogens with zero attached hydrogens (tertiary/aromatic N) is 2. The van der Waals surface area contributed by atoms with Crippen LogP contribution >= 0.6 is 0 Å². The SMILES string of the molecule is CCc1ccc(C(=O)N(C)CCN(C)CCO)c(C)c1. The molecule has 20 heavy (non-hydrogen) atoms. The number of carbonyl (C=O) groups excluding carboxylic acids is 1. The van der Waals surface area contributed by atoms with Crippen LogP contribution in [0.25, 0.3) is 0 Å². The van der Waals surface area contributed by atoms with E-state index >= 15 is 0 Å². The van der Waals surface area contributed by atoms with Gasteiger partial charge in [0.25, 0.3) is 5.91 Å². The molecular formula is C16H26N2O2. The minimum Gasteiger partial charge on any atom is -0.395 e. The number of hydrogen-bond acceptors (Lipinski definition) is 3. The summed E-state index contributed by atoms with van der Waals surface area (Å²) in [4.78, 5) is 16.1.